The molecule has 1 atom stereocenters. The number of nitrogens with two attached hydrogens (primary N) is 1. The largest absolute Gasteiger partial charge is 0.437 e. The summed E-state index contributed by atoms with van der Waals surface area (Å²) in [5, 5.41) is 23.6. The normalized spacial score (nSPS) is 11.7. The maximum absolute atomic E-state index is 9.98. The average molecular weight is 412 g/mol. The summed E-state index contributed by atoms with van der Waals surface area (Å²) in [4.78, 5) is 8.88. The molecule has 0 unspecified atom stereocenters. The van der Waals surface area contributed by atoms with E-state index in [1.165, 1.54) is 0 Å². The Kier molecular flexibility index (Phi) is 5.71. The molecule has 0 saturated heterocycles. The molecule has 0 aliphatic rings. The number of hydrogen-bond acceptors (Lipinski definition) is 7. The summed E-state index contributed by atoms with van der Waals surface area (Å²) in [6.45, 7) is 1.88. The Morgan fingerprint density at radius 3 is 2.71 bits per heavy atom. The number of benzene rings is 2. The minimum Gasteiger partial charge on any atom is -0.437 e. The Labute approximate surface area is 179 Å². The fraction of sp³-hybridized carbons (Fsp3) is 0.130. The first-order valence-electron chi connectivity index (χ1n) is 9.63. The molecule has 31 heavy (non-hydrogen) atoms. The third-order valence-electron chi connectivity index (χ3n) is 4.64. The molecule has 3 N–H and O–H groups in total. The van der Waals surface area contributed by atoms with E-state index < -0.39 is 6.10 Å². The van der Waals surface area contributed by atoms with Crippen molar-refractivity contribution in [2.45, 2.75) is 13.0 Å². The van der Waals surface area contributed by atoms with Gasteiger partial charge < -0.3 is 15.6 Å². The highest BCUT2D eigenvalue weighted by Crippen LogP contribution is 2.30. The Balaban J connectivity index is 1.74. The lowest BCUT2D eigenvalue weighted by atomic mass is 10.1. The molecule has 154 valence electrons. The van der Waals surface area contributed by atoms with Crippen molar-refractivity contribution >= 4 is 0 Å². The summed E-state index contributed by atoms with van der Waals surface area (Å²) in [6.07, 6.45) is 2.41. The molecule has 0 bridgehead atoms. The maximum atomic E-state index is 9.98. The van der Waals surface area contributed by atoms with Crippen LogP contribution in [-0.4, -0.2) is 31.4 Å². The predicted molar refractivity (Wildman–Crippen MR) is 115 cm³/mol. The fourth-order valence-corrected chi connectivity index (χ4v) is 3.09. The number of aliphatic hydroxyl groups is 1. The van der Waals surface area contributed by atoms with Crippen LogP contribution in [0.3, 0.4) is 0 Å². The first kappa shape index (κ1) is 20.2. The van der Waals surface area contributed by atoms with E-state index in [0.29, 0.717) is 34.3 Å². The van der Waals surface area contributed by atoms with Crippen molar-refractivity contribution in [3.63, 3.8) is 0 Å². The molecule has 0 saturated carbocycles. The molecule has 8 nitrogen and oxygen atoms in total. The molecule has 8 heteroatoms. The van der Waals surface area contributed by atoms with Crippen LogP contribution in [0.15, 0.2) is 67.0 Å². The molecule has 0 aliphatic carbocycles. The summed E-state index contributed by atoms with van der Waals surface area (Å²) in [6, 6.07) is 18.6. The van der Waals surface area contributed by atoms with E-state index >= 15 is 0 Å². The number of nitriles is 1. The molecular weight excluding hydrogens is 392 g/mol. The van der Waals surface area contributed by atoms with Crippen molar-refractivity contribution in [3.8, 4) is 34.6 Å². The van der Waals surface area contributed by atoms with Gasteiger partial charge in [-0.2, -0.15) is 15.3 Å². The SMILES string of the molecule is Cc1nc(Oc2cc(C#N)ccc2-n2cc([C@H](O)CN)cn2)cc(-c2ccccc2)n1. The minimum atomic E-state index is -0.811. The lowest BCUT2D eigenvalue weighted by Gasteiger charge is -2.12. The van der Waals surface area contributed by atoms with Crippen molar-refractivity contribution in [2.75, 3.05) is 6.54 Å². The van der Waals surface area contributed by atoms with E-state index in [2.05, 4.69) is 21.1 Å². The number of rotatable bonds is 6. The second-order valence-electron chi connectivity index (χ2n) is 6.87. The summed E-state index contributed by atoms with van der Waals surface area (Å²) in [5.41, 5.74) is 8.82. The third-order valence-corrected chi connectivity index (χ3v) is 4.64. The van der Waals surface area contributed by atoms with E-state index in [4.69, 9.17) is 10.5 Å². The molecule has 0 spiro atoms. The second kappa shape index (κ2) is 8.75. The van der Waals surface area contributed by atoms with Crippen molar-refractivity contribution in [3.05, 3.63) is 83.9 Å². The van der Waals surface area contributed by atoms with Crippen LogP contribution in [0.4, 0.5) is 0 Å². The minimum absolute atomic E-state index is 0.0882. The van der Waals surface area contributed by atoms with Gasteiger partial charge in [-0.05, 0) is 19.1 Å². The van der Waals surface area contributed by atoms with Crippen LogP contribution in [-0.2, 0) is 0 Å². The van der Waals surface area contributed by atoms with E-state index in [-0.39, 0.29) is 6.54 Å². The maximum Gasteiger partial charge on any atom is 0.223 e. The zero-order valence-electron chi connectivity index (χ0n) is 16.8. The van der Waals surface area contributed by atoms with Gasteiger partial charge in [-0.3, -0.25) is 0 Å². The Morgan fingerprint density at radius 2 is 1.97 bits per heavy atom. The lowest BCUT2D eigenvalue weighted by molar-refractivity contribution is 0.186. The van der Waals surface area contributed by atoms with Gasteiger partial charge in [-0.1, -0.05) is 30.3 Å². The van der Waals surface area contributed by atoms with E-state index in [0.717, 1.165) is 11.3 Å². The zero-order chi connectivity index (χ0) is 21.8. The van der Waals surface area contributed by atoms with Crippen molar-refractivity contribution in [1.82, 2.24) is 19.7 Å². The van der Waals surface area contributed by atoms with Crippen LogP contribution < -0.4 is 10.5 Å². The molecule has 2 aromatic heterocycles. The topological polar surface area (TPSA) is 123 Å². The molecular formula is C23H20N6O2. The molecule has 0 amide bonds. The highest BCUT2D eigenvalue weighted by atomic mass is 16.5. The van der Waals surface area contributed by atoms with Gasteiger partial charge in [0, 0.05) is 36.0 Å². The van der Waals surface area contributed by atoms with Crippen LogP contribution in [0.25, 0.3) is 16.9 Å². The zero-order valence-corrected chi connectivity index (χ0v) is 16.8. The number of aromatic nitrogens is 4. The molecule has 2 heterocycles. The smallest absolute Gasteiger partial charge is 0.223 e. The van der Waals surface area contributed by atoms with Gasteiger partial charge in [-0.15, -0.1) is 0 Å². The number of aliphatic hydroxyl groups excluding tert-OH is 1. The molecule has 2 aromatic carbocycles. The lowest BCUT2D eigenvalue weighted by Crippen LogP contribution is -2.10. The first-order chi connectivity index (χ1) is 15.1. The Hall–Kier alpha value is -4.06. The van der Waals surface area contributed by atoms with Gasteiger partial charge in [0.25, 0.3) is 0 Å². The monoisotopic (exact) mass is 412 g/mol. The van der Waals surface area contributed by atoms with E-state index in [1.807, 2.05) is 30.3 Å². The van der Waals surface area contributed by atoms with Gasteiger partial charge in [0.15, 0.2) is 5.75 Å². The van der Waals surface area contributed by atoms with Gasteiger partial charge >= 0.3 is 0 Å². The fourth-order valence-electron chi connectivity index (χ4n) is 3.09. The molecule has 0 radical (unpaired) electrons. The van der Waals surface area contributed by atoms with Gasteiger partial charge in [0.05, 0.1) is 29.6 Å². The van der Waals surface area contributed by atoms with Gasteiger partial charge in [-0.25, -0.2) is 9.67 Å². The third kappa shape index (κ3) is 4.43. The number of ether oxygens (including phenoxy) is 1. The predicted octanol–water partition coefficient (Wildman–Crippen LogP) is 3.29. The van der Waals surface area contributed by atoms with E-state index in [1.54, 1.807) is 48.3 Å². The van der Waals surface area contributed by atoms with Crippen molar-refractivity contribution in [2.24, 2.45) is 5.73 Å². The van der Waals surface area contributed by atoms with Crippen molar-refractivity contribution < 1.29 is 9.84 Å². The summed E-state index contributed by atoms with van der Waals surface area (Å²) < 4.78 is 7.66. The van der Waals surface area contributed by atoms with Gasteiger partial charge in [0.1, 0.15) is 11.5 Å². The second-order valence-corrected chi connectivity index (χ2v) is 6.87. The van der Waals surface area contributed by atoms with Crippen LogP contribution in [0.2, 0.25) is 0 Å². The van der Waals surface area contributed by atoms with Crippen LogP contribution >= 0.6 is 0 Å². The molecule has 4 rings (SSSR count). The molecule has 0 aliphatic heterocycles. The van der Waals surface area contributed by atoms with E-state index in [9.17, 15) is 10.4 Å². The highest BCUT2D eigenvalue weighted by Gasteiger charge is 2.15. The number of hydrogen-bond donors (Lipinski definition) is 2. The quantitative estimate of drug-likeness (QED) is 0.498. The van der Waals surface area contributed by atoms with Crippen LogP contribution in [0, 0.1) is 18.3 Å². The summed E-state index contributed by atoms with van der Waals surface area (Å²) in [7, 11) is 0. The number of nitrogens with zero attached hydrogens (tertiary/aromatic N) is 5. The molecule has 4 aromatic rings. The van der Waals surface area contributed by atoms with Crippen molar-refractivity contribution in [1.29, 1.82) is 5.26 Å². The standard InChI is InChI=1S/C23H20N6O2/c1-15-27-19(17-5-3-2-4-6-17)10-23(28-15)31-22-9-16(11-24)7-8-20(22)29-14-18(13-26-29)21(30)12-25/h2-10,13-14,21,30H,12,25H2,1H3/t21-/m1/s1. The Bertz CT molecular complexity index is 1250. The van der Waals surface area contributed by atoms with Crippen LogP contribution in [0.5, 0.6) is 11.6 Å². The highest BCUT2D eigenvalue weighted by molar-refractivity contribution is 5.60. The summed E-state index contributed by atoms with van der Waals surface area (Å²) in [5.74, 6) is 1.30. The van der Waals surface area contributed by atoms with Gasteiger partial charge in [0.2, 0.25) is 5.88 Å². The first-order valence-corrected chi connectivity index (χ1v) is 9.63. The average Bonchev–Trinajstić information content (AvgIpc) is 3.28. The molecule has 0 fully saturated rings. The summed E-state index contributed by atoms with van der Waals surface area (Å²) >= 11 is 0. The van der Waals surface area contributed by atoms with Crippen LogP contribution in [0.1, 0.15) is 23.1 Å². The number of aryl methyl sites for hydroxylation is 1. The Morgan fingerprint density at radius 1 is 1.16 bits per heavy atom.